The Morgan fingerprint density at radius 3 is 2.50 bits per heavy atom. The lowest BCUT2D eigenvalue weighted by Gasteiger charge is -2.24. The van der Waals surface area contributed by atoms with Crippen LogP contribution in [0.1, 0.15) is 24.1 Å². The highest BCUT2D eigenvalue weighted by Gasteiger charge is 2.30. The third-order valence-electron chi connectivity index (χ3n) is 7.16. The van der Waals surface area contributed by atoms with Gasteiger partial charge in [-0.25, -0.2) is 22.0 Å². The van der Waals surface area contributed by atoms with Crippen molar-refractivity contribution < 1.29 is 45.0 Å². The Labute approximate surface area is 253 Å². The second-order valence-corrected chi connectivity index (χ2v) is 14.2. The summed E-state index contributed by atoms with van der Waals surface area (Å²) in [4.78, 5) is -0.297. The molecule has 1 aromatic heterocycles. The van der Waals surface area contributed by atoms with Crippen molar-refractivity contribution in [2.75, 3.05) is 42.4 Å². The van der Waals surface area contributed by atoms with Crippen molar-refractivity contribution in [3.63, 3.8) is 0 Å². The standard InChI is InChI=1S/C28H33F3N4O7S2/c1-42-27-22(15-20(37)16-36)26(44(32,40)41)8-7-24(27)33-11-3-4-19-14-21-23(34-18-9-12-43(38,39)13-10-18)5-2-6-25(21)35(19)17-28(29,30)31/h2,5-8,14,18,20,33-34,36-37H,9-13,15-17H2,1H3,(H2,32,40,41). The third kappa shape index (κ3) is 8.16. The van der Waals surface area contributed by atoms with Crippen molar-refractivity contribution >= 4 is 42.1 Å². The molecule has 16 heteroatoms. The van der Waals surface area contributed by atoms with Gasteiger partial charge in [0, 0.05) is 29.1 Å². The minimum atomic E-state index is -4.53. The summed E-state index contributed by atoms with van der Waals surface area (Å²) in [6.45, 7) is -2.00. The van der Waals surface area contributed by atoms with Crippen molar-refractivity contribution in [3.8, 4) is 17.6 Å². The van der Waals surface area contributed by atoms with Gasteiger partial charge in [0.2, 0.25) is 10.0 Å². The van der Waals surface area contributed by atoms with Gasteiger partial charge in [0.15, 0.2) is 0 Å². The van der Waals surface area contributed by atoms with Crippen LogP contribution in [0.15, 0.2) is 41.3 Å². The lowest BCUT2D eigenvalue weighted by molar-refractivity contribution is -0.140. The maximum absolute atomic E-state index is 13.6. The Morgan fingerprint density at radius 1 is 1.18 bits per heavy atom. The van der Waals surface area contributed by atoms with Gasteiger partial charge in [-0.1, -0.05) is 12.0 Å². The highest BCUT2D eigenvalue weighted by Crippen LogP contribution is 2.35. The van der Waals surface area contributed by atoms with Crippen LogP contribution in [0.4, 0.5) is 24.5 Å². The number of sulfonamides is 1. The number of benzene rings is 2. The van der Waals surface area contributed by atoms with Gasteiger partial charge in [-0.05, 0) is 49.1 Å². The second-order valence-electron chi connectivity index (χ2n) is 10.4. The molecule has 6 N–H and O–H groups in total. The highest BCUT2D eigenvalue weighted by molar-refractivity contribution is 7.91. The molecule has 0 radical (unpaired) electrons. The van der Waals surface area contributed by atoms with Crippen molar-refractivity contribution in [1.82, 2.24) is 4.57 Å². The van der Waals surface area contributed by atoms with Gasteiger partial charge < -0.3 is 30.2 Å². The van der Waals surface area contributed by atoms with Gasteiger partial charge in [-0.2, -0.15) is 13.2 Å². The van der Waals surface area contributed by atoms with Crippen LogP contribution in [-0.4, -0.2) is 81.7 Å². The Bertz CT molecular complexity index is 1780. The number of rotatable bonds is 10. The smallest absolute Gasteiger partial charge is 0.406 e. The molecule has 11 nitrogen and oxygen atoms in total. The number of primary sulfonamides is 1. The number of hydrogen-bond donors (Lipinski definition) is 5. The van der Waals surface area contributed by atoms with Gasteiger partial charge in [0.25, 0.3) is 0 Å². The number of anilines is 2. The summed E-state index contributed by atoms with van der Waals surface area (Å²) in [6, 6.07) is 8.90. The first kappa shape index (κ1) is 33.4. The fourth-order valence-electron chi connectivity index (χ4n) is 5.13. The molecule has 1 saturated heterocycles. The van der Waals surface area contributed by atoms with E-state index in [1.807, 2.05) is 0 Å². The van der Waals surface area contributed by atoms with Crippen molar-refractivity contribution in [2.45, 2.75) is 49.0 Å². The Kier molecular flexibility index (Phi) is 10.1. The number of aromatic nitrogens is 1. The molecule has 44 heavy (non-hydrogen) atoms. The van der Waals surface area contributed by atoms with Crippen molar-refractivity contribution in [1.29, 1.82) is 0 Å². The van der Waals surface area contributed by atoms with Gasteiger partial charge in [-0.15, -0.1) is 0 Å². The Morgan fingerprint density at radius 2 is 1.89 bits per heavy atom. The van der Waals surface area contributed by atoms with Crippen molar-refractivity contribution in [2.24, 2.45) is 5.14 Å². The zero-order valence-electron chi connectivity index (χ0n) is 23.7. The van der Waals surface area contributed by atoms with Crippen LogP contribution in [0, 0.1) is 11.8 Å². The Balaban J connectivity index is 1.64. The number of alkyl halides is 3. The number of methoxy groups -OCH3 is 1. The predicted molar refractivity (Wildman–Crippen MR) is 160 cm³/mol. The van der Waals surface area contributed by atoms with Gasteiger partial charge in [0.1, 0.15) is 22.1 Å². The van der Waals surface area contributed by atoms with E-state index in [1.165, 1.54) is 19.2 Å². The van der Waals surface area contributed by atoms with E-state index in [0.29, 0.717) is 29.4 Å². The molecule has 1 atom stereocenters. The number of ether oxygens (including phenoxy) is 1. The fraction of sp³-hybridized carbons (Fsp3) is 0.429. The zero-order valence-corrected chi connectivity index (χ0v) is 25.3. The predicted octanol–water partition coefficient (Wildman–Crippen LogP) is 2.21. The van der Waals surface area contributed by atoms with E-state index in [2.05, 4.69) is 22.5 Å². The minimum Gasteiger partial charge on any atom is -0.494 e. The summed E-state index contributed by atoms with van der Waals surface area (Å²) in [7, 11) is -6.01. The molecule has 0 aliphatic carbocycles. The molecule has 0 bridgehead atoms. The largest absolute Gasteiger partial charge is 0.494 e. The van der Waals surface area contributed by atoms with E-state index in [-0.39, 0.29) is 58.1 Å². The number of sulfone groups is 1. The molecule has 2 heterocycles. The number of nitrogens with two attached hydrogens (primary N) is 1. The number of aliphatic hydroxyl groups excluding tert-OH is 2. The average molecular weight is 659 g/mol. The summed E-state index contributed by atoms with van der Waals surface area (Å²) in [5, 5.41) is 31.3. The summed E-state index contributed by atoms with van der Waals surface area (Å²) >= 11 is 0. The summed E-state index contributed by atoms with van der Waals surface area (Å²) in [5.74, 6) is 5.70. The molecular weight excluding hydrogens is 625 g/mol. The number of nitrogens with one attached hydrogen (secondary N) is 2. The topological polar surface area (TPSA) is 173 Å². The molecule has 0 amide bonds. The number of hydrogen-bond acceptors (Lipinski definition) is 9. The maximum atomic E-state index is 13.6. The van der Waals surface area contributed by atoms with E-state index < -0.39 is 45.3 Å². The minimum absolute atomic E-state index is 0.0374. The monoisotopic (exact) mass is 658 g/mol. The summed E-state index contributed by atoms with van der Waals surface area (Å²) < 4.78 is 95.0. The first-order valence-corrected chi connectivity index (χ1v) is 16.9. The van der Waals surface area contributed by atoms with Crippen LogP contribution in [0.3, 0.4) is 0 Å². The quantitative estimate of drug-likeness (QED) is 0.205. The van der Waals surface area contributed by atoms with E-state index in [1.54, 1.807) is 24.3 Å². The van der Waals surface area contributed by atoms with E-state index in [9.17, 15) is 40.2 Å². The molecular formula is C28H33F3N4O7S2. The van der Waals surface area contributed by atoms with Crippen LogP contribution in [0.2, 0.25) is 0 Å². The van der Waals surface area contributed by atoms with Gasteiger partial charge >= 0.3 is 6.18 Å². The first-order chi connectivity index (χ1) is 20.6. The molecule has 1 aliphatic rings. The second kappa shape index (κ2) is 13.2. The van der Waals surface area contributed by atoms with Gasteiger partial charge in [0.05, 0.1) is 59.7 Å². The average Bonchev–Trinajstić information content (AvgIpc) is 3.28. The van der Waals surface area contributed by atoms with Crippen LogP contribution in [-0.2, 0) is 32.8 Å². The molecule has 1 aliphatic heterocycles. The van der Waals surface area contributed by atoms with Crippen LogP contribution >= 0.6 is 0 Å². The van der Waals surface area contributed by atoms with Crippen LogP contribution in [0.25, 0.3) is 10.9 Å². The van der Waals surface area contributed by atoms with Crippen LogP contribution < -0.4 is 20.5 Å². The lowest BCUT2D eigenvalue weighted by Crippen LogP contribution is -2.32. The number of nitrogens with zero attached hydrogens (tertiary/aromatic N) is 1. The third-order valence-corrected chi connectivity index (χ3v) is 9.87. The van der Waals surface area contributed by atoms with Gasteiger partial charge in [-0.3, -0.25) is 0 Å². The maximum Gasteiger partial charge on any atom is 0.406 e. The van der Waals surface area contributed by atoms with E-state index >= 15 is 0 Å². The number of fused-ring (bicyclic) bond motifs is 1. The normalized spacial score (nSPS) is 16.2. The number of halogens is 3. The van der Waals surface area contributed by atoms with E-state index in [0.717, 1.165) is 4.57 Å². The lowest BCUT2D eigenvalue weighted by atomic mass is 10.1. The van der Waals surface area contributed by atoms with Crippen LogP contribution in [0.5, 0.6) is 5.75 Å². The highest BCUT2D eigenvalue weighted by atomic mass is 32.2. The molecule has 240 valence electrons. The molecule has 0 spiro atoms. The summed E-state index contributed by atoms with van der Waals surface area (Å²) in [5.41, 5.74) is 1.30. The molecule has 0 saturated carbocycles. The molecule has 2 aromatic carbocycles. The SMILES string of the molecule is COc1c(NCC#Cc2cc3c(NC4CCS(=O)(=O)CC4)cccc3n2CC(F)(F)F)ccc(S(N)(=O)=O)c1CC(O)CO. The molecule has 4 rings (SSSR count). The van der Waals surface area contributed by atoms with E-state index in [4.69, 9.17) is 9.88 Å². The molecule has 3 aromatic rings. The first-order valence-electron chi connectivity index (χ1n) is 13.5. The fourth-order valence-corrected chi connectivity index (χ4v) is 7.40. The Hall–Kier alpha value is -3.49. The number of aliphatic hydroxyl groups is 2. The summed E-state index contributed by atoms with van der Waals surface area (Å²) in [6.07, 6.45) is -5.32. The molecule has 1 unspecified atom stereocenters. The molecule has 1 fully saturated rings. The zero-order chi connectivity index (χ0) is 32.3. The van der Waals surface area contributed by atoms with Crippen molar-refractivity contribution in [3.05, 3.63) is 47.7 Å².